The van der Waals surface area contributed by atoms with Gasteiger partial charge in [-0.2, -0.15) is 0 Å². The van der Waals surface area contributed by atoms with Crippen LogP contribution in [-0.2, 0) is 14.6 Å². The molecule has 8 heteroatoms. The van der Waals surface area contributed by atoms with Gasteiger partial charge in [0.25, 0.3) is 0 Å². The Hall–Kier alpha value is -1.77. The van der Waals surface area contributed by atoms with Crippen molar-refractivity contribution in [3.05, 3.63) is 40.9 Å². The molecule has 2 heterocycles. The lowest BCUT2D eigenvalue weighted by molar-refractivity contribution is -0.00522. The van der Waals surface area contributed by atoms with Crippen LogP contribution in [0.2, 0.25) is 0 Å². The molecule has 0 amide bonds. The minimum atomic E-state index is -3.35. The molecule has 1 aliphatic rings. The number of aromatic nitrogens is 1. The summed E-state index contributed by atoms with van der Waals surface area (Å²) < 4.78 is 29.1. The number of nitrogens with zero attached hydrogens (tertiary/aromatic N) is 2. The van der Waals surface area contributed by atoms with Crippen molar-refractivity contribution >= 4 is 32.1 Å². The number of ether oxygens (including phenoxy) is 1. The molecule has 1 aromatic carbocycles. The van der Waals surface area contributed by atoms with Crippen LogP contribution in [-0.4, -0.2) is 50.7 Å². The first-order valence-corrected chi connectivity index (χ1v) is 10.7. The van der Waals surface area contributed by atoms with Crippen LogP contribution in [0.5, 0.6) is 0 Å². The standard InChI is InChI=1S/C17H20N2O4S2/c1-11-9-19(10-12(2)23-11)17-18-8-15(24-17)16(20)13-5-4-6-14(7-13)25(3,21)22/h4-8,11-12H,9-10H2,1-3H3. The van der Waals surface area contributed by atoms with Crippen LogP contribution in [0.4, 0.5) is 5.13 Å². The Kier molecular flexibility index (Phi) is 4.95. The lowest BCUT2D eigenvalue weighted by Crippen LogP contribution is -2.45. The summed E-state index contributed by atoms with van der Waals surface area (Å²) in [7, 11) is -3.35. The minimum absolute atomic E-state index is 0.109. The summed E-state index contributed by atoms with van der Waals surface area (Å²) in [6, 6.07) is 6.10. The molecule has 1 fully saturated rings. The average molecular weight is 380 g/mol. The van der Waals surface area contributed by atoms with Gasteiger partial charge in [-0.3, -0.25) is 4.79 Å². The number of anilines is 1. The molecule has 0 N–H and O–H groups in total. The van der Waals surface area contributed by atoms with Crippen LogP contribution >= 0.6 is 11.3 Å². The number of carbonyl (C=O) groups excluding carboxylic acids is 1. The smallest absolute Gasteiger partial charge is 0.204 e. The number of hydrogen-bond donors (Lipinski definition) is 0. The molecule has 25 heavy (non-hydrogen) atoms. The molecular weight excluding hydrogens is 360 g/mol. The number of sulfone groups is 1. The quantitative estimate of drug-likeness (QED) is 0.758. The van der Waals surface area contributed by atoms with E-state index >= 15 is 0 Å². The number of thiazole rings is 1. The van der Waals surface area contributed by atoms with Gasteiger partial charge in [0.1, 0.15) is 0 Å². The van der Waals surface area contributed by atoms with Crippen molar-refractivity contribution in [1.82, 2.24) is 4.98 Å². The maximum Gasteiger partial charge on any atom is 0.204 e. The molecule has 0 aliphatic carbocycles. The third kappa shape index (κ3) is 4.08. The Morgan fingerprint density at radius 1 is 1.28 bits per heavy atom. The van der Waals surface area contributed by atoms with E-state index in [1.165, 1.54) is 23.5 Å². The summed E-state index contributed by atoms with van der Waals surface area (Å²) in [4.78, 5) is 19.8. The fourth-order valence-electron chi connectivity index (χ4n) is 2.86. The van der Waals surface area contributed by atoms with Crippen LogP contribution in [0.3, 0.4) is 0 Å². The maximum atomic E-state index is 12.7. The lowest BCUT2D eigenvalue weighted by atomic mass is 10.1. The predicted molar refractivity (Wildman–Crippen MR) is 97.3 cm³/mol. The second kappa shape index (κ2) is 6.86. The van der Waals surface area contributed by atoms with Crippen LogP contribution in [0.25, 0.3) is 0 Å². The Morgan fingerprint density at radius 3 is 2.60 bits per heavy atom. The third-order valence-electron chi connectivity index (χ3n) is 3.93. The maximum absolute atomic E-state index is 12.7. The van der Waals surface area contributed by atoms with Gasteiger partial charge < -0.3 is 9.64 Å². The molecule has 3 rings (SSSR count). The summed E-state index contributed by atoms with van der Waals surface area (Å²) in [5.74, 6) is -0.219. The van der Waals surface area contributed by atoms with Crippen molar-refractivity contribution in [3.8, 4) is 0 Å². The monoisotopic (exact) mass is 380 g/mol. The van der Waals surface area contributed by atoms with Gasteiger partial charge >= 0.3 is 0 Å². The number of morpholine rings is 1. The van der Waals surface area contributed by atoms with E-state index in [0.717, 1.165) is 24.5 Å². The van der Waals surface area contributed by atoms with Crippen molar-refractivity contribution in [2.75, 3.05) is 24.2 Å². The Morgan fingerprint density at radius 2 is 1.96 bits per heavy atom. The Balaban J connectivity index is 1.84. The Bertz CT molecular complexity index is 882. The van der Waals surface area contributed by atoms with Crippen molar-refractivity contribution in [1.29, 1.82) is 0 Å². The summed E-state index contributed by atoms with van der Waals surface area (Å²) in [6.45, 7) is 5.49. The molecule has 0 bridgehead atoms. The molecule has 1 aliphatic heterocycles. The first-order valence-electron chi connectivity index (χ1n) is 7.95. The fourth-order valence-corrected chi connectivity index (χ4v) is 4.42. The number of ketones is 1. The van der Waals surface area contributed by atoms with Gasteiger partial charge in [-0.15, -0.1) is 0 Å². The second-order valence-electron chi connectivity index (χ2n) is 6.30. The summed E-state index contributed by atoms with van der Waals surface area (Å²) in [5.41, 5.74) is 0.349. The van der Waals surface area contributed by atoms with Crippen LogP contribution in [0, 0.1) is 0 Å². The van der Waals surface area contributed by atoms with E-state index in [1.54, 1.807) is 18.3 Å². The largest absolute Gasteiger partial charge is 0.372 e. The zero-order chi connectivity index (χ0) is 18.2. The van der Waals surface area contributed by atoms with Crippen LogP contribution < -0.4 is 4.90 Å². The van der Waals surface area contributed by atoms with E-state index in [1.807, 2.05) is 13.8 Å². The number of carbonyl (C=O) groups is 1. The minimum Gasteiger partial charge on any atom is -0.372 e. The van der Waals surface area contributed by atoms with E-state index in [-0.39, 0.29) is 22.9 Å². The second-order valence-corrected chi connectivity index (χ2v) is 9.32. The van der Waals surface area contributed by atoms with Gasteiger partial charge in [0.15, 0.2) is 15.0 Å². The molecule has 1 aromatic heterocycles. The number of rotatable bonds is 4. The van der Waals surface area contributed by atoms with E-state index < -0.39 is 9.84 Å². The van der Waals surface area contributed by atoms with Gasteiger partial charge in [0.05, 0.1) is 28.2 Å². The third-order valence-corrected chi connectivity index (χ3v) is 6.10. The first kappa shape index (κ1) is 18.0. The fraction of sp³-hybridized carbons (Fsp3) is 0.412. The molecule has 1 saturated heterocycles. The molecule has 0 saturated carbocycles. The normalized spacial score (nSPS) is 21.3. The number of hydrogen-bond acceptors (Lipinski definition) is 7. The highest BCUT2D eigenvalue weighted by Gasteiger charge is 2.25. The van der Waals surface area contributed by atoms with Gasteiger partial charge in [0, 0.05) is 24.9 Å². The summed E-state index contributed by atoms with van der Waals surface area (Å²) in [6.07, 6.45) is 2.90. The van der Waals surface area contributed by atoms with E-state index in [2.05, 4.69) is 9.88 Å². The molecule has 6 nitrogen and oxygen atoms in total. The molecule has 134 valence electrons. The summed E-state index contributed by atoms with van der Waals surface area (Å²) in [5, 5.41) is 0.782. The van der Waals surface area contributed by atoms with E-state index in [0.29, 0.717) is 10.4 Å². The van der Waals surface area contributed by atoms with Gasteiger partial charge in [-0.1, -0.05) is 23.5 Å². The highest BCUT2D eigenvalue weighted by atomic mass is 32.2. The van der Waals surface area contributed by atoms with Crippen LogP contribution in [0.1, 0.15) is 29.1 Å². The predicted octanol–water partition coefficient (Wildman–Crippen LogP) is 2.39. The van der Waals surface area contributed by atoms with Crippen molar-refractivity contribution in [3.63, 3.8) is 0 Å². The molecule has 2 unspecified atom stereocenters. The SMILES string of the molecule is CC1CN(c2ncc(C(=O)c3cccc(S(C)(=O)=O)c3)s2)CC(C)O1. The van der Waals surface area contributed by atoms with E-state index in [9.17, 15) is 13.2 Å². The molecule has 2 atom stereocenters. The van der Waals surface area contributed by atoms with E-state index in [4.69, 9.17) is 4.74 Å². The zero-order valence-corrected chi connectivity index (χ0v) is 15.9. The topological polar surface area (TPSA) is 76.6 Å². The van der Waals surface area contributed by atoms with Gasteiger partial charge in [0.2, 0.25) is 5.78 Å². The molecule has 2 aromatic rings. The molecule has 0 spiro atoms. The Labute approximate surface area is 151 Å². The first-order chi connectivity index (χ1) is 11.7. The van der Waals surface area contributed by atoms with Gasteiger partial charge in [-0.25, -0.2) is 13.4 Å². The average Bonchev–Trinajstić information content (AvgIpc) is 3.02. The van der Waals surface area contributed by atoms with Gasteiger partial charge in [-0.05, 0) is 26.0 Å². The summed E-state index contributed by atoms with van der Waals surface area (Å²) >= 11 is 1.32. The highest BCUT2D eigenvalue weighted by molar-refractivity contribution is 7.90. The van der Waals surface area contributed by atoms with Crippen LogP contribution in [0.15, 0.2) is 35.4 Å². The highest BCUT2D eigenvalue weighted by Crippen LogP contribution is 2.27. The molecular formula is C17H20N2O4S2. The van der Waals surface area contributed by atoms with Crippen molar-refractivity contribution < 1.29 is 17.9 Å². The van der Waals surface area contributed by atoms with Crippen molar-refractivity contribution in [2.24, 2.45) is 0 Å². The molecule has 0 radical (unpaired) electrons. The van der Waals surface area contributed by atoms with Crippen molar-refractivity contribution in [2.45, 2.75) is 31.0 Å². The zero-order valence-electron chi connectivity index (χ0n) is 14.3. The lowest BCUT2D eigenvalue weighted by Gasteiger charge is -2.35. The number of benzene rings is 1.